The largest absolute Gasteiger partial charge is 0.475 e. The molecular weight excluding hydrogens is 400 g/mol. The van der Waals surface area contributed by atoms with Crippen LogP contribution in [0.4, 0.5) is 5.82 Å². The third kappa shape index (κ3) is 4.65. The fourth-order valence-electron chi connectivity index (χ4n) is 3.70. The van der Waals surface area contributed by atoms with Gasteiger partial charge in [-0.25, -0.2) is 9.97 Å². The average Bonchev–Trinajstić information content (AvgIpc) is 2.78. The molecule has 156 valence electrons. The maximum atomic E-state index is 12.6. The topological polar surface area (TPSA) is 67.4 Å². The zero-order valence-electron chi connectivity index (χ0n) is 17.0. The minimum absolute atomic E-state index is 0.00231. The van der Waals surface area contributed by atoms with Gasteiger partial charge in [-0.2, -0.15) is 0 Å². The summed E-state index contributed by atoms with van der Waals surface area (Å²) in [6.07, 6.45) is 1.54. The number of fused-ring (bicyclic) bond motifs is 1. The van der Waals surface area contributed by atoms with Crippen LogP contribution in [0, 0.1) is 5.92 Å². The summed E-state index contributed by atoms with van der Waals surface area (Å²) >= 11 is 5.91. The minimum Gasteiger partial charge on any atom is -0.475 e. The lowest BCUT2D eigenvalue weighted by Gasteiger charge is -2.32. The van der Waals surface area contributed by atoms with Gasteiger partial charge in [-0.15, -0.1) is 0 Å². The highest BCUT2D eigenvalue weighted by atomic mass is 35.5. The smallest absolute Gasteiger partial charge is 0.258 e. The minimum atomic E-state index is -0.00231. The number of benzene rings is 2. The normalized spacial score (nSPS) is 14.7. The number of piperidine rings is 1. The first kappa shape index (κ1) is 20.4. The summed E-state index contributed by atoms with van der Waals surface area (Å²) in [6.45, 7) is 4.47. The Morgan fingerprint density at radius 1 is 1.10 bits per heavy atom. The van der Waals surface area contributed by atoms with E-state index in [4.69, 9.17) is 21.3 Å². The lowest BCUT2D eigenvalue weighted by Crippen LogP contribution is -2.41. The van der Waals surface area contributed by atoms with Gasteiger partial charge in [0.05, 0.1) is 17.6 Å². The van der Waals surface area contributed by atoms with Gasteiger partial charge in [0, 0.05) is 30.6 Å². The van der Waals surface area contributed by atoms with Crippen molar-refractivity contribution in [1.82, 2.24) is 15.3 Å². The predicted octanol–water partition coefficient (Wildman–Crippen LogP) is 4.21. The lowest BCUT2D eigenvalue weighted by atomic mass is 9.96. The summed E-state index contributed by atoms with van der Waals surface area (Å²) in [5, 5.41) is 3.74. The number of carbonyl (C=O) groups is 1. The van der Waals surface area contributed by atoms with Crippen LogP contribution in [0.25, 0.3) is 11.0 Å². The number of hydrogen-bond donors (Lipinski definition) is 1. The first-order valence-corrected chi connectivity index (χ1v) is 10.7. The summed E-state index contributed by atoms with van der Waals surface area (Å²) in [5.74, 6) is 1.41. The molecule has 0 bridgehead atoms. The van der Waals surface area contributed by atoms with Gasteiger partial charge in [-0.05, 0) is 49.6 Å². The van der Waals surface area contributed by atoms with Crippen LogP contribution >= 0.6 is 11.6 Å². The third-order valence-corrected chi connectivity index (χ3v) is 5.60. The van der Waals surface area contributed by atoms with Gasteiger partial charge in [-0.1, -0.05) is 35.9 Å². The Balaban J connectivity index is 1.39. The number of carbonyl (C=O) groups excluding carboxylic acids is 1. The molecule has 1 aliphatic rings. The van der Waals surface area contributed by atoms with Gasteiger partial charge in [0.2, 0.25) is 5.91 Å². The van der Waals surface area contributed by atoms with E-state index in [0.29, 0.717) is 24.1 Å². The molecular formula is C23H25ClN4O2. The molecule has 0 aliphatic carbocycles. The maximum absolute atomic E-state index is 12.6. The first-order chi connectivity index (χ1) is 14.6. The number of para-hydroxylation sites is 2. The molecule has 2 heterocycles. The van der Waals surface area contributed by atoms with Crippen molar-refractivity contribution >= 4 is 34.4 Å². The molecule has 0 saturated carbocycles. The Morgan fingerprint density at radius 2 is 1.77 bits per heavy atom. The highest BCUT2D eigenvalue weighted by Crippen LogP contribution is 2.30. The Hall–Kier alpha value is -2.86. The summed E-state index contributed by atoms with van der Waals surface area (Å²) in [4.78, 5) is 24.2. The fourth-order valence-corrected chi connectivity index (χ4v) is 3.83. The molecule has 4 rings (SSSR count). The van der Waals surface area contributed by atoms with Crippen LogP contribution in [0.2, 0.25) is 5.02 Å². The summed E-state index contributed by atoms with van der Waals surface area (Å²) < 4.78 is 5.76. The molecule has 0 unspecified atom stereocenters. The molecule has 6 nitrogen and oxygen atoms in total. The molecule has 1 amide bonds. The zero-order chi connectivity index (χ0) is 20.9. The first-order valence-electron chi connectivity index (χ1n) is 10.3. The third-order valence-electron chi connectivity index (χ3n) is 5.35. The summed E-state index contributed by atoms with van der Waals surface area (Å²) in [7, 11) is 0. The number of anilines is 1. The molecule has 0 spiro atoms. The Labute approximate surface area is 181 Å². The van der Waals surface area contributed by atoms with Crippen molar-refractivity contribution in [2.75, 3.05) is 24.6 Å². The van der Waals surface area contributed by atoms with Crippen LogP contribution in [-0.4, -0.2) is 35.6 Å². The van der Waals surface area contributed by atoms with E-state index in [-0.39, 0.29) is 11.8 Å². The highest BCUT2D eigenvalue weighted by Gasteiger charge is 2.27. The van der Waals surface area contributed by atoms with Crippen LogP contribution in [0.15, 0.2) is 48.5 Å². The standard InChI is InChI=1S/C23H25ClN4O2/c1-2-30-23-21(26-19-5-3-4-6-20(19)27-23)28-13-11-17(12-14-28)22(29)25-15-16-7-9-18(24)10-8-16/h3-10,17H,2,11-15H2,1H3,(H,25,29). The molecule has 0 radical (unpaired) electrons. The molecule has 2 aromatic carbocycles. The molecule has 1 N–H and O–H groups in total. The number of hydrogen-bond acceptors (Lipinski definition) is 5. The SMILES string of the molecule is CCOc1nc2ccccc2nc1N1CCC(C(=O)NCc2ccc(Cl)cc2)CC1. The number of rotatable bonds is 6. The van der Waals surface area contributed by atoms with E-state index in [1.807, 2.05) is 55.5 Å². The molecule has 1 fully saturated rings. The van der Waals surface area contributed by atoms with Crippen molar-refractivity contribution in [1.29, 1.82) is 0 Å². The summed E-state index contributed by atoms with van der Waals surface area (Å²) in [6, 6.07) is 15.3. The Kier molecular flexibility index (Phi) is 6.33. The van der Waals surface area contributed by atoms with E-state index in [1.54, 1.807) is 0 Å². The van der Waals surface area contributed by atoms with Gasteiger partial charge in [0.15, 0.2) is 5.82 Å². The zero-order valence-corrected chi connectivity index (χ0v) is 17.7. The van der Waals surface area contributed by atoms with Crippen molar-refractivity contribution in [3.8, 4) is 5.88 Å². The van der Waals surface area contributed by atoms with Crippen LogP contribution < -0.4 is 15.0 Å². The van der Waals surface area contributed by atoms with Crippen LogP contribution in [0.1, 0.15) is 25.3 Å². The van der Waals surface area contributed by atoms with Gasteiger partial charge >= 0.3 is 0 Å². The molecule has 7 heteroatoms. The number of nitrogens with zero attached hydrogens (tertiary/aromatic N) is 3. The highest BCUT2D eigenvalue weighted by molar-refractivity contribution is 6.30. The molecule has 3 aromatic rings. The number of halogens is 1. The fraction of sp³-hybridized carbons (Fsp3) is 0.348. The second-order valence-corrected chi connectivity index (χ2v) is 7.82. The number of ether oxygens (including phenoxy) is 1. The second-order valence-electron chi connectivity index (χ2n) is 7.38. The average molecular weight is 425 g/mol. The predicted molar refractivity (Wildman–Crippen MR) is 119 cm³/mol. The van der Waals surface area contributed by atoms with Crippen LogP contribution in [0.3, 0.4) is 0 Å². The van der Waals surface area contributed by atoms with Crippen molar-refractivity contribution in [2.24, 2.45) is 5.92 Å². The molecule has 1 aromatic heterocycles. The van der Waals surface area contributed by atoms with Crippen molar-refractivity contribution in [2.45, 2.75) is 26.3 Å². The monoisotopic (exact) mass is 424 g/mol. The lowest BCUT2D eigenvalue weighted by molar-refractivity contribution is -0.125. The van der Waals surface area contributed by atoms with Gasteiger partial charge in [-0.3, -0.25) is 4.79 Å². The number of aromatic nitrogens is 2. The van der Waals surface area contributed by atoms with Crippen LogP contribution in [0.5, 0.6) is 5.88 Å². The van der Waals surface area contributed by atoms with Crippen LogP contribution in [-0.2, 0) is 11.3 Å². The van der Waals surface area contributed by atoms with E-state index in [0.717, 1.165) is 48.3 Å². The Morgan fingerprint density at radius 3 is 2.43 bits per heavy atom. The molecule has 1 aliphatic heterocycles. The van der Waals surface area contributed by atoms with Gasteiger partial charge in [0.1, 0.15) is 0 Å². The number of amides is 1. The quantitative estimate of drug-likeness (QED) is 0.641. The van der Waals surface area contributed by atoms with E-state index in [9.17, 15) is 4.79 Å². The van der Waals surface area contributed by atoms with Crippen molar-refractivity contribution in [3.63, 3.8) is 0 Å². The van der Waals surface area contributed by atoms with Crippen molar-refractivity contribution < 1.29 is 9.53 Å². The van der Waals surface area contributed by atoms with Crippen molar-refractivity contribution in [3.05, 3.63) is 59.1 Å². The van der Waals surface area contributed by atoms with E-state index in [1.165, 1.54) is 0 Å². The van der Waals surface area contributed by atoms with Gasteiger partial charge < -0.3 is 15.0 Å². The molecule has 1 saturated heterocycles. The summed E-state index contributed by atoms with van der Waals surface area (Å²) in [5.41, 5.74) is 2.71. The Bertz CT molecular complexity index is 1020. The maximum Gasteiger partial charge on any atom is 0.258 e. The van der Waals surface area contributed by atoms with E-state index in [2.05, 4.69) is 15.2 Å². The van der Waals surface area contributed by atoms with E-state index < -0.39 is 0 Å². The van der Waals surface area contributed by atoms with Gasteiger partial charge in [0.25, 0.3) is 5.88 Å². The molecule has 30 heavy (non-hydrogen) atoms. The molecule has 0 atom stereocenters. The number of nitrogens with one attached hydrogen (secondary N) is 1. The van der Waals surface area contributed by atoms with E-state index >= 15 is 0 Å². The second kappa shape index (κ2) is 9.30.